The maximum atomic E-state index is 13.4. The molecule has 0 heterocycles. The van der Waals surface area contributed by atoms with Crippen LogP contribution in [0.1, 0.15) is 52.0 Å². The van der Waals surface area contributed by atoms with E-state index in [2.05, 4.69) is 47.2 Å². The van der Waals surface area contributed by atoms with Gasteiger partial charge in [0.2, 0.25) is 0 Å². The fourth-order valence-electron chi connectivity index (χ4n) is 4.00. The Labute approximate surface area is 205 Å². The third-order valence-electron chi connectivity index (χ3n) is 6.14. The predicted octanol–water partition coefficient (Wildman–Crippen LogP) is 5.66. The van der Waals surface area contributed by atoms with E-state index in [4.69, 9.17) is 0 Å². The maximum Gasteiger partial charge on any atom is 0.264 e. The minimum absolute atomic E-state index is 0.135. The van der Waals surface area contributed by atoms with E-state index in [0.717, 1.165) is 45.7 Å². The SMILES string of the molecule is Cc1ccc(S(=O)(=O)N(CC(=O)NN=C2CCC(C(C)(C)C)CC2)c2ccc(Br)cc2)cc1. The van der Waals surface area contributed by atoms with Crippen LogP contribution >= 0.6 is 15.9 Å². The first kappa shape index (κ1) is 25.4. The number of carbonyl (C=O) groups excluding carboxylic acids is 1. The molecule has 1 saturated carbocycles. The molecule has 0 unspecified atom stereocenters. The topological polar surface area (TPSA) is 78.8 Å². The molecule has 0 aliphatic heterocycles. The van der Waals surface area contributed by atoms with Gasteiger partial charge in [0.05, 0.1) is 10.6 Å². The lowest BCUT2D eigenvalue weighted by atomic mass is 9.72. The van der Waals surface area contributed by atoms with Crippen molar-refractivity contribution in [2.75, 3.05) is 10.8 Å². The zero-order valence-electron chi connectivity index (χ0n) is 19.6. The Morgan fingerprint density at radius 3 is 2.18 bits per heavy atom. The summed E-state index contributed by atoms with van der Waals surface area (Å²) in [5.74, 6) is 0.166. The molecule has 2 aromatic carbocycles. The van der Waals surface area contributed by atoms with Gasteiger partial charge < -0.3 is 0 Å². The number of sulfonamides is 1. The average molecular weight is 535 g/mol. The van der Waals surface area contributed by atoms with E-state index in [1.54, 1.807) is 48.5 Å². The molecule has 0 atom stereocenters. The van der Waals surface area contributed by atoms with Gasteiger partial charge in [0.15, 0.2) is 0 Å². The summed E-state index contributed by atoms with van der Waals surface area (Å²) in [4.78, 5) is 12.9. The zero-order valence-corrected chi connectivity index (χ0v) is 22.0. The lowest BCUT2D eigenvalue weighted by Gasteiger charge is -2.34. The Kier molecular flexibility index (Phi) is 8.00. The Morgan fingerprint density at radius 2 is 1.64 bits per heavy atom. The summed E-state index contributed by atoms with van der Waals surface area (Å²) >= 11 is 3.37. The molecule has 33 heavy (non-hydrogen) atoms. The minimum Gasteiger partial charge on any atom is -0.271 e. The van der Waals surface area contributed by atoms with Crippen molar-refractivity contribution < 1.29 is 13.2 Å². The van der Waals surface area contributed by atoms with Gasteiger partial charge in [-0.25, -0.2) is 13.8 Å². The van der Waals surface area contributed by atoms with Gasteiger partial charge in [-0.2, -0.15) is 5.10 Å². The molecule has 0 aromatic heterocycles. The number of anilines is 1. The van der Waals surface area contributed by atoms with Crippen molar-refractivity contribution >= 4 is 43.3 Å². The molecule has 2 aromatic rings. The monoisotopic (exact) mass is 533 g/mol. The molecule has 178 valence electrons. The van der Waals surface area contributed by atoms with Crippen LogP contribution in [-0.4, -0.2) is 26.6 Å². The average Bonchev–Trinajstić information content (AvgIpc) is 2.77. The van der Waals surface area contributed by atoms with Gasteiger partial charge in [0, 0.05) is 10.2 Å². The van der Waals surface area contributed by atoms with Gasteiger partial charge in [-0.15, -0.1) is 0 Å². The zero-order chi connectivity index (χ0) is 24.2. The van der Waals surface area contributed by atoms with Crippen LogP contribution in [0.15, 0.2) is 63.0 Å². The van der Waals surface area contributed by atoms with Crippen LogP contribution in [0.2, 0.25) is 0 Å². The fourth-order valence-corrected chi connectivity index (χ4v) is 5.68. The number of hydrogen-bond donors (Lipinski definition) is 1. The molecule has 1 N–H and O–H groups in total. The van der Waals surface area contributed by atoms with Gasteiger partial charge in [-0.05, 0) is 80.3 Å². The second kappa shape index (κ2) is 10.4. The number of nitrogens with zero attached hydrogens (tertiary/aromatic N) is 2. The van der Waals surface area contributed by atoms with Crippen molar-refractivity contribution in [1.82, 2.24) is 5.43 Å². The molecule has 0 radical (unpaired) electrons. The maximum absolute atomic E-state index is 13.4. The first-order valence-electron chi connectivity index (χ1n) is 11.2. The van der Waals surface area contributed by atoms with Crippen LogP contribution in [-0.2, 0) is 14.8 Å². The quantitative estimate of drug-likeness (QED) is 0.486. The molecular weight excluding hydrogens is 502 g/mol. The Hall–Kier alpha value is -2.19. The number of aryl methyl sites for hydroxylation is 1. The van der Waals surface area contributed by atoms with Crippen LogP contribution in [0.25, 0.3) is 0 Å². The summed E-state index contributed by atoms with van der Waals surface area (Å²) in [7, 11) is -3.94. The van der Waals surface area contributed by atoms with Crippen molar-refractivity contribution in [2.45, 2.75) is 58.3 Å². The van der Waals surface area contributed by atoms with Crippen molar-refractivity contribution in [3.63, 3.8) is 0 Å². The minimum atomic E-state index is -3.94. The Bertz CT molecular complexity index is 1100. The van der Waals surface area contributed by atoms with Gasteiger partial charge >= 0.3 is 0 Å². The standard InChI is InChI=1S/C25H32BrN3O3S/c1-18-5-15-23(16-6-18)33(31,32)29(22-13-9-20(26)10-14-22)17-24(30)28-27-21-11-7-19(8-12-21)25(2,3)4/h5-6,9-10,13-16,19H,7-8,11-12,17H2,1-4H3,(H,28,30). The third-order valence-corrected chi connectivity index (χ3v) is 8.45. The summed E-state index contributed by atoms with van der Waals surface area (Å²) < 4.78 is 28.7. The number of hydrazone groups is 1. The number of halogens is 1. The number of amides is 1. The molecule has 0 spiro atoms. The predicted molar refractivity (Wildman–Crippen MR) is 137 cm³/mol. The first-order chi connectivity index (χ1) is 15.5. The van der Waals surface area contributed by atoms with Gasteiger partial charge in [0.25, 0.3) is 15.9 Å². The highest BCUT2D eigenvalue weighted by atomic mass is 79.9. The number of hydrogen-bond acceptors (Lipinski definition) is 4. The van der Waals surface area contributed by atoms with E-state index in [-0.39, 0.29) is 16.9 Å². The highest BCUT2D eigenvalue weighted by Crippen LogP contribution is 2.36. The van der Waals surface area contributed by atoms with Crippen molar-refractivity contribution in [1.29, 1.82) is 0 Å². The Balaban J connectivity index is 1.76. The van der Waals surface area contributed by atoms with Crippen LogP contribution in [0.5, 0.6) is 0 Å². The lowest BCUT2D eigenvalue weighted by Crippen LogP contribution is -2.40. The first-order valence-corrected chi connectivity index (χ1v) is 13.4. The van der Waals surface area contributed by atoms with Gasteiger partial charge in [-0.3, -0.25) is 9.10 Å². The van der Waals surface area contributed by atoms with E-state index in [1.165, 1.54) is 0 Å². The van der Waals surface area contributed by atoms with Gasteiger partial charge in [-0.1, -0.05) is 54.4 Å². The van der Waals surface area contributed by atoms with E-state index in [0.29, 0.717) is 11.6 Å². The molecule has 0 saturated heterocycles. The van der Waals surface area contributed by atoms with Crippen molar-refractivity contribution in [3.8, 4) is 0 Å². The molecule has 1 aliphatic rings. The normalized spacial score (nSPS) is 16.9. The third kappa shape index (κ3) is 6.67. The molecule has 6 nitrogen and oxygen atoms in total. The van der Waals surface area contributed by atoms with Crippen molar-refractivity contribution in [3.05, 3.63) is 58.6 Å². The summed E-state index contributed by atoms with van der Waals surface area (Å²) in [5.41, 5.74) is 5.18. The van der Waals surface area contributed by atoms with E-state index in [9.17, 15) is 13.2 Å². The number of benzene rings is 2. The summed E-state index contributed by atoms with van der Waals surface area (Å²) in [6, 6.07) is 13.4. The largest absolute Gasteiger partial charge is 0.271 e. The van der Waals surface area contributed by atoms with Gasteiger partial charge in [0.1, 0.15) is 6.54 Å². The molecule has 0 bridgehead atoms. The lowest BCUT2D eigenvalue weighted by molar-refractivity contribution is -0.119. The summed E-state index contributed by atoms with van der Waals surface area (Å²) in [5, 5.41) is 4.31. The molecule has 8 heteroatoms. The molecule has 1 aliphatic carbocycles. The smallest absolute Gasteiger partial charge is 0.264 e. The summed E-state index contributed by atoms with van der Waals surface area (Å²) in [6.45, 7) is 8.30. The van der Waals surface area contributed by atoms with E-state index < -0.39 is 15.9 Å². The van der Waals surface area contributed by atoms with Crippen molar-refractivity contribution in [2.24, 2.45) is 16.4 Å². The molecular formula is C25H32BrN3O3S. The van der Waals surface area contributed by atoms with Crippen LogP contribution in [0.3, 0.4) is 0 Å². The van der Waals surface area contributed by atoms with Crippen LogP contribution < -0.4 is 9.73 Å². The van der Waals surface area contributed by atoms with E-state index >= 15 is 0 Å². The fraction of sp³-hybridized carbons (Fsp3) is 0.440. The highest BCUT2D eigenvalue weighted by Gasteiger charge is 2.29. The molecule has 1 fully saturated rings. The highest BCUT2D eigenvalue weighted by molar-refractivity contribution is 9.10. The second-order valence-corrected chi connectivity index (χ2v) is 12.4. The number of rotatable bonds is 6. The number of carbonyl (C=O) groups is 1. The Morgan fingerprint density at radius 1 is 1.06 bits per heavy atom. The second-order valence-electron chi connectivity index (χ2n) is 9.65. The van der Waals surface area contributed by atoms with Crippen LogP contribution in [0, 0.1) is 18.3 Å². The van der Waals surface area contributed by atoms with Crippen LogP contribution in [0.4, 0.5) is 5.69 Å². The molecule has 3 rings (SSSR count). The van der Waals surface area contributed by atoms with E-state index in [1.807, 2.05) is 6.92 Å². The number of nitrogens with one attached hydrogen (secondary N) is 1. The summed E-state index contributed by atoms with van der Waals surface area (Å²) in [6.07, 6.45) is 3.79. The molecule has 1 amide bonds.